The van der Waals surface area contributed by atoms with Gasteiger partial charge >= 0.3 is 6.03 Å². The molecule has 0 saturated heterocycles. The summed E-state index contributed by atoms with van der Waals surface area (Å²) in [5.74, 6) is 0. The van der Waals surface area contributed by atoms with E-state index in [1.165, 1.54) is 0 Å². The van der Waals surface area contributed by atoms with Crippen molar-refractivity contribution < 1.29 is 14.6 Å². The Hall–Kier alpha value is -3.15. The van der Waals surface area contributed by atoms with Gasteiger partial charge in [-0.05, 0) is 41.5 Å². The van der Waals surface area contributed by atoms with Crippen molar-refractivity contribution in [1.82, 2.24) is 0 Å². The maximum Gasteiger partial charge on any atom is 0.529 e. The molecular formula is C17H16N4O2. The highest BCUT2D eigenvalue weighted by Crippen LogP contribution is 2.18. The van der Waals surface area contributed by atoms with Crippen LogP contribution in [0.25, 0.3) is 0 Å². The Bertz CT molecular complexity index is 780. The number of hydrogen-bond acceptors (Lipinski definition) is 4. The molecule has 6 heteroatoms. The normalized spacial score (nSPS) is 15.9. The van der Waals surface area contributed by atoms with Crippen LogP contribution in [0.15, 0.2) is 59.7 Å². The van der Waals surface area contributed by atoms with E-state index in [9.17, 15) is 9.90 Å². The van der Waals surface area contributed by atoms with Crippen molar-refractivity contribution in [2.24, 2.45) is 5.10 Å². The third-order valence-corrected chi connectivity index (χ3v) is 3.47. The second-order valence-corrected chi connectivity index (χ2v) is 5.30. The standard InChI is InChI=1S/C17H16N4O2/c1-19(2)14-10-8-13(9-11-14)12-20-17(23)21(16(22)18-20)15-6-4-3-5-7-15/h3-12H,1-2H3. The number of rotatable bonds is 3. The van der Waals surface area contributed by atoms with Crippen molar-refractivity contribution in [2.75, 3.05) is 23.9 Å². The van der Waals surface area contributed by atoms with Gasteiger partial charge < -0.3 is 10.0 Å². The second kappa shape index (κ2) is 5.92. The van der Waals surface area contributed by atoms with E-state index in [0.29, 0.717) is 5.69 Å². The summed E-state index contributed by atoms with van der Waals surface area (Å²) in [6, 6.07) is 15.3. The molecule has 0 unspecified atom stereocenters. The van der Waals surface area contributed by atoms with Crippen LogP contribution in [-0.4, -0.2) is 37.0 Å². The molecule has 2 amide bonds. The van der Waals surface area contributed by atoms with E-state index < -0.39 is 12.1 Å². The van der Waals surface area contributed by atoms with E-state index >= 15 is 0 Å². The Morgan fingerprint density at radius 1 is 1.09 bits per heavy atom. The van der Waals surface area contributed by atoms with E-state index in [1.54, 1.807) is 30.5 Å². The second-order valence-electron chi connectivity index (χ2n) is 5.30. The number of nitrogens with zero attached hydrogens (tertiary/aromatic N) is 4. The van der Waals surface area contributed by atoms with Crippen molar-refractivity contribution in [3.05, 3.63) is 60.2 Å². The number of carbonyl (C=O) groups is 1. The highest BCUT2D eigenvalue weighted by atomic mass is 16.3. The molecule has 0 radical (unpaired) electrons. The number of para-hydroxylation sites is 1. The first kappa shape index (κ1) is 14.8. The minimum Gasteiger partial charge on any atom is -0.824 e. The van der Waals surface area contributed by atoms with Gasteiger partial charge in [-0.15, -0.1) is 4.90 Å². The van der Waals surface area contributed by atoms with Gasteiger partial charge in [0.25, 0.3) is 0 Å². The molecule has 2 aromatic rings. The summed E-state index contributed by atoms with van der Waals surface area (Å²) >= 11 is 0. The van der Waals surface area contributed by atoms with E-state index in [2.05, 4.69) is 5.10 Å². The summed E-state index contributed by atoms with van der Waals surface area (Å²) < 4.78 is 1.07. The Kier molecular flexibility index (Phi) is 3.80. The van der Waals surface area contributed by atoms with Crippen molar-refractivity contribution in [1.29, 1.82) is 0 Å². The van der Waals surface area contributed by atoms with Crippen LogP contribution in [0.5, 0.6) is 0 Å². The predicted octanol–water partition coefficient (Wildman–Crippen LogP) is 1.46. The van der Waals surface area contributed by atoms with Gasteiger partial charge in [-0.25, -0.2) is 0 Å². The summed E-state index contributed by atoms with van der Waals surface area (Å²) in [6.07, 6.45) is 1.54. The zero-order chi connectivity index (χ0) is 16.4. The smallest absolute Gasteiger partial charge is 0.529 e. The molecule has 2 aromatic carbocycles. The van der Waals surface area contributed by atoms with Gasteiger partial charge in [-0.2, -0.15) is 4.79 Å². The molecule has 116 valence electrons. The van der Waals surface area contributed by atoms with Crippen LogP contribution in [0.3, 0.4) is 0 Å². The van der Waals surface area contributed by atoms with Crippen LogP contribution in [-0.2, 0) is 0 Å². The molecule has 23 heavy (non-hydrogen) atoms. The third-order valence-electron chi connectivity index (χ3n) is 3.47. The van der Waals surface area contributed by atoms with Gasteiger partial charge in [0.1, 0.15) is 11.9 Å². The Labute approximate surface area is 134 Å². The van der Waals surface area contributed by atoms with Crippen LogP contribution in [0.1, 0.15) is 5.56 Å². The Morgan fingerprint density at radius 2 is 1.74 bits per heavy atom. The number of benzene rings is 2. The van der Waals surface area contributed by atoms with Crippen molar-refractivity contribution in [2.45, 2.75) is 0 Å². The Morgan fingerprint density at radius 3 is 2.35 bits per heavy atom. The monoisotopic (exact) mass is 308 g/mol. The number of amidine groups is 1. The molecule has 0 aromatic heterocycles. The molecule has 0 atom stereocenters. The van der Waals surface area contributed by atoms with Gasteiger partial charge in [-0.1, -0.05) is 22.9 Å². The number of hydrazone groups is 1. The molecule has 1 aliphatic rings. The summed E-state index contributed by atoms with van der Waals surface area (Å²) in [7, 11) is 3.91. The zero-order valence-corrected chi connectivity index (χ0v) is 12.9. The number of hydrogen-bond donors (Lipinski definition) is 0. The van der Waals surface area contributed by atoms with Gasteiger partial charge in [0.05, 0.1) is 0 Å². The molecule has 0 bridgehead atoms. The van der Waals surface area contributed by atoms with Gasteiger partial charge in [0.2, 0.25) is 6.02 Å². The molecule has 1 heterocycles. The first-order valence-electron chi connectivity index (χ1n) is 7.12. The Balaban J connectivity index is 1.88. The minimum atomic E-state index is -0.595. The summed E-state index contributed by atoms with van der Waals surface area (Å²) in [4.78, 5) is 15.4. The topological polar surface area (TPSA) is 62.0 Å². The number of urea groups is 1. The quantitative estimate of drug-likeness (QED) is 0.806. The lowest BCUT2D eigenvalue weighted by Crippen LogP contribution is -2.40. The highest BCUT2D eigenvalue weighted by Gasteiger charge is 2.36. The molecular weight excluding hydrogens is 292 g/mol. The van der Waals surface area contributed by atoms with Crippen LogP contribution >= 0.6 is 0 Å². The number of carbonyl (C=O) groups excluding carboxylic acids is 1. The van der Waals surface area contributed by atoms with Gasteiger partial charge in [0, 0.05) is 25.3 Å². The lowest BCUT2D eigenvalue weighted by Gasteiger charge is -2.11. The molecule has 1 aliphatic heterocycles. The summed E-state index contributed by atoms with van der Waals surface area (Å²) in [5.41, 5.74) is 2.34. The predicted molar refractivity (Wildman–Crippen MR) is 87.9 cm³/mol. The van der Waals surface area contributed by atoms with Crippen molar-refractivity contribution in [3.8, 4) is 0 Å². The summed E-state index contributed by atoms with van der Waals surface area (Å²) in [6.45, 7) is 0. The molecule has 3 rings (SSSR count). The van der Waals surface area contributed by atoms with E-state index in [4.69, 9.17) is 0 Å². The van der Waals surface area contributed by atoms with Crippen LogP contribution in [0.2, 0.25) is 0 Å². The fraction of sp³-hybridized carbons (Fsp3) is 0.118. The van der Waals surface area contributed by atoms with Crippen LogP contribution < -0.4 is 14.9 Å². The average Bonchev–Trinajstić information content (AvgIpc) is 2.82. The fourth-order valence-corrected chi connectivity index (χ4v) is 2.25. The lowest BCUT2D eigenvalue weighted by atomic mass is 10.2. The average molecular weight is 308 g/mol. The SMILES string of the molecule is CN(C)c1ccc(/C=[N+]2\N=C([O-])N(c3ccccc3)C2=O)cc1. The minimum absolute atomic E-state index is 0.488. The number of anilines is 2. The third kappa shape index (κ3) is 2.91. The zero-order valence-electron chi connectivity index (χ0n) is 12.9. The largest absolute Gasteiger partial charge is 0.824 e. The van der Waals surface area contributed by atoms with E-state index in [-0.39, 0.29) is 0 Å². The molecule has 0 fully saturated rings. The molecule has 6 nitrogen and oxygen atoms in total. The maximum absolute atomic E-state index is 12.4. The number of amides is 2. The molecule has 0 spiro atoms. The maximum atomic E-state index is 12.4. The van der Waals surface area contributed by atoms with E-state index in [1.807, 2.05) is 49.3 Å². The summed E-state index contributed by atoms with van der Waals surface area (Å²) in [5, 5.41) is 15.8. The van der Waals surface area contributed by atoms with Crippen molar-refractivity contribution in [3.63, 3.8) is 0 Å². The highest BCUT2D eigenvalue weighted by molar-refractivity contribution is 6.12. The van der Waals surface area contributed by atoms with Crippen LogP contribution in [0.4, 0.5) is 16.2 Å². The lowest BCUT2D eigenvalue weighted by molar-refractivity contribution is -0.422. The van der Waals surface area contributed by atoms with E-state index in [0.717, 1.165) is 20.8 Å². The first-order valence-corrected chi connectivity index (χ1v) is 7.12. The van der Waals surface area contributed by atoms with Crippen LogP contribution in [0, 0.1) is 0 Å². The van der Waals surface area contributed by atoms with Crippen molar-refractivity contribution >= 4 is 29.6 Å². The molecule has 0 aliphatic carbocycles. The van der Waals surface area contributed by atoms with Gasteiger partial charge in [0.15, 0.2) is 0 Å². The first-order chi connectivity index (χ1) is 11.1. The molecule has 0 saturated carbocycles. The van der Waals surface area contributed by atoms with Gasteiger partial charge in [-0.3, -0.25) is 0 Å². The molecule has 0 N–H and O–H groups in total. The fourth-order valence-electron chi connectivity index (χ4n) is 2.25.